The third-order valence-corrected chi connectivity index (χ3v) is 7.07. The van der Waals surface area contributed by atoms with Crippen LogP contribution in [0.15, 0.2) is 66.7 Å². The van der Waals surface area contributed by atoms with Crippen LogP contribution < -0.4 is 4.74 Å². The van der Waals surface area contributed by atoms with Crippen LogP contribution in [0, 0.1) is 5.92 Å². The molecule has 4 rings (SSSR count). The van der Waals surface area contributed by atoms with Crippen LogP contribution in [0.2, 0.25) is 0 Å². The van der Waals surface area contributed by atoms with Crippen LogP contribution in [0.3, 0.4) is 0 Å². The normalized spacial score (nSPS) is 16.8. The van der Waals surface area contributed by atoms with Crippen molar-refractivity contribution in [3.63, 3.8) is 0 Å². The van der Waals surface area contributed by atoms with E-state index in [0.29, 0.717) is 18.1 Å². The van der Waals surface area contributed by atoms with Crippen LogP contribution in [0.1, 0.15) is 65.4 Å². The molecule has 0 bridgehead atoms. The molecule has 0 saturated carbocycles. The number of aryl methyl sites for hydroxylation is 1. The highest BCUT2D eigenvalue weighted by atomic mass is 19.4. The molecular weight excluding hydrogens is 519 g/mol. The molecule has 5 nitrogen and oxygen atoms in total. The van der Waals surface area contributed by atoms with E-state index in [1.54, 1.807) is 18.2 Å². The van der Waals surface area contributed by atoms with Gasteiger partial charge in [0.1, 0.15) is 17.9 Å². The Hall–Kier alpha value is -3.81. The number of aliphatic carboxylic acids is 1. The van der Waals surface area contributed by atoms with Gasteiger partial charge in [0.2, 0.25) is 0 Å². The van der Waals surface area contributed by atoms with E-state index in [2.05, 4.69) is 45.0 Å². The van der Waals surface area contributed by atoms with Gasteiger partial charge in [-0.05, 0) is 84.7 Å². The largest absolute Gasteiger partial charge is 0.487 e. The van der Waals surface area contributed by atoms with Crippen LogP contribution in [-0.4, -0.2) is 34.0 Å². The zero-order valence-electron chi connectivity index (χ0n) is 22.9. The quantitative estimate of drug-likeness (QED) is 0.311. The highest BCUT2D eigenvalue weighted by molar-refractivity contribution is 5.96. The molecule has 0 aliphatic carbocycles. The van der Waals surface area contributed by atoms with Gasteiger partial charge in [0, 0.05) is 18.5 Å². The van der Waals surface area contributed by atoms with Crippen LogP contribution in [0.4, 0.5) is 13.2 Å². The van der Waals surface area contributed by atoms with Crippen LogP contribution in [-0.2, 0) is 36.8 Å². The molecule has 1 atom stereocenters. The Bertz CT molecular complexity index is 1370. The molecule has 212 valence electrons. The molecule has 1 amide bonds. The summed E-state index contributed by atoms with van der Waals surface area (Å²) in [6.07, 6.45) is -1.37. The second-order valence-electron chi connectivity index (χ2n) is 11.2. The Morgan fingerprint density at radius 2 is 1.70 bits per heavy atom. The minimum absolute atomic E-state index is 0.193. The van der Waals surface area contributed by atoms with Gasteiger partial charge in [0.05, 0.1) is 5.56 Å². The van der Waals surface area contributed by atoms with Gasteiger partial charge in [0.25, 0.3) is 5.91 Å². The van der Waals surface area contributed by atoms with E-state index < -0.39 is 35.8 Å². The maximum atomic E-state index is 13.3. The third-order valence-electron chi connectivity index (χ3n) is 7.07. The summed E-state index contributed by atoms with van der Waals surface area (Å²) >= 11 is 0. The van der Waals surface area contributed by atoms with E-state index in [4.69, 9.17) is 4.74 Å². The van der Waals surface area contributed by atoms with E-state index in [1.807, 2.05) is 0 Å². The summed E-state index contributed by atoms with van der Waals surface area (Å²) in [5.74, 6) is -0.563. The molecule has 1 unspecified atom stereocenters. The fourth-order valence-corrected chi connectivity index (χ4v) is 5.16. The third kappa shape index (κ3) is 7.43. The van der Waals surface area contributed by atoms with Crippen LogP contribution in [0.25, 0.3) is 0 Å². The first kappa shape index (κ1) is 29.2. The monoisotopic (exact) mass is 553 g/mol. The smallest absolute Gasteiger partial charge is 0.416 e. The highest BCUT2D eigenvalue weighted by Gasteiger charge is 2.33. The minimum atomic E-state index is -4.54. The Morgan fingerprint density at radius 3 is 2.35 bits per heavy atom. The van der Waals surface area contributed by atoms with Crippen LogP contribution in [0.5, 0.6) is 5.75 Å². The van der Waals surface area contributed by atoms with Gasteiger partial charge in [-0.3, -0.25) is 9.59 Å². The summed E-state index contributed by atoms with van der Waals surface area (Å²) in [4.78, 5) is 25.8. The summed E-state index contributed by atoms with van der Waals surface area (Å²) in [6.45, 7) is 5.55. The van der Waals surface area contributed by atoms with Gasteiger partial charge in [0.15, 0.2) is 0 Å². The fraction of sp³-hybridized carbons (Fsp3) is 0.375. The molecule has 0 radical (unpaired) electrons. The van der Waals surface area contributed by atoms with Crippen molar-refractivity contribution in [2.24, 2.45) is 5.92 Å². The number of hydrogen-bond donors (Lipinski definition) is 1. The molecule has 0 spiro atoms. The molecule has 0 saturated heterocycles. The number of carbonyl (C=O) groups is 2. The predicted molar refractivity (Wildman–Crippen MR) is 146 cm³/mol. The molecule has 1 aliphatic heterocycles. The Labute approximate surface area is 232 Å². The van der Waals surface area contributed by atoms with E-state index in [1.165, 1.54) is 23.3 Å². The summed E-state index contributed by atoms with van der Waals surface area (Å²) < 4.78 is 45.8. The standard InChI is InChI=1S/C32H34F3NO4/c1-21(2)15-22-7-9-23(10-8-22)18-31(3)14-13-25-17-26(11-12-28(25)40-31)30(39)36(20-29(37)38)19-24-5-4-6-27(16-24)32(33,34)35/h4-12,16-17,21H,13-15,18-20H2,1-3H3,(H,37,38). The summed E-state index contributed by atoms with van der Waals surface area (Å²) in [6, 6.07) is 18.2. The van der Waals surface area contributed by atoms with Crippen molar-refractivity contribution in [1.82, 2.24) is 4.90 Å². The van der Waals surface area contributed by atoms with E-state index in [0.717, 1.165) is 41.9 Å². The molecule has 40 heavy (non-hydrogen) atoms. The lowest BCUT2D eigenvalue weighted by Crippen LogP contribution is -2.39. The number of amides is 1. The van der Waals surface area contributed by atoms with Crippen molar-refractivity contribution in [2.45, 2.75) is 64.8 Å². The molecule has 1 heterocycles. The van der Waals surface area contributed by atoms with Gasteiger partial charge >= 0.3 is 12.1 Å². The highest BCUT2D eigenvalue weighted by Crippen LogP contribution is 2.36. The molecule has 0 aromatic heterocycles. The fourth-order valence-electron chi connectivity index (χ4n) is 5.16. The van der Waals surface area contributed by atoms with E-state index >= 15 is 0 Å². The maximum Gasteiger partial charge on any atom is 0.416 e. The molecule has 1 N–H and O–H groups in total. The molecule has 1 aliphatic rings. The van der Waals surface area contributed by atoms with Gasteiger partial charge in [-0.15, -0.1) is 0 Å². The molecule has 3 aromatic rings. The Morgan fingerprint density at radius 1 is 1.00 bits per heavy atom. The average molecular weight is 554 g/mol. The average Bonchev–Trinajstić information content (AvgIpc) is 2.88. The topological polar surface area (TPSA) is 66.8 Å². The van der Waals surface area contributed by atoms with Gasteiger partial charge in [-0.25, -0.2) is 0 Å². The van der Waals surface area contributed by atoms with Crippen molar-refractivity contribution < 1.29 is 32.6 Å². The van der Waals surface area contributed by atoms with Crippen molar-refractivity contribution in [3.05, 3.63) is 100 Å². The number of alkyl halides is 3. The summed E-state index contributed by atoms with van der Waals surface area (Å²) in [5, 5.41) is 9.37. The first-order valence-corrected chi connectivity index (χ1v) is 13.4. The first-order valence-electron chi connectivity index (χ1n) is 13.4. The SMILES string of the molecule is CC(C)Cc1ccc(CC2(C)CCc3cc(C(=O)N(CC(=O)O)Cc4cccc(C(F)(F)F)c4)ccc3O2)cc1. The number of carboxylic acid groups (broad SMARTS) is 1. The second kappa shape index (κ2) is 11.7. The first-order chi connectivity index (χ1) is 18.8. The number of ether oxygens (including phenoxy) is 1. The summed E-state index contributed by atoms with van der Waals surface area (Å²) in [7, 11) is 0. The van der Waals surface area contributed by atoms with E-state index in [9.17, 15) is 27.9 Å². The van der Waals surface area contributed by atoms with Gasteiger partial charge in [-0.2, -0.15) is 13.2 Å². The lowest BCUT2D eigenvalue weighted by atomic mass is 9.86. The van der Waals surface area contributed by atoms with Crippen molar-refractivity contribution >= 4 is 11.9 Å². The summed E-state index contributed by atoms with van der Waals surface area (Å²) in [5.41, 5.74) is 2.51. The number of fused-ring (bicyclic) bond motifs is 1. The molecule has 3 aromatic carbocycles. The zero-order chi connectivity index (χ0) is 29.1. The van der Waals surface area contributed by atoms with E-state index in [-0.39, 0.29) is 17.7 Å². The maximum absolute atomic E-state index is 13.3. The number of rotatable bonds is 9. The number of benzene rings is 3. The zero-order valence-corrected chi connectivity index (χ0v) is 22.9. The minimum Gasteiger partial charge on any atom is -0.487 e. The van der Waals surface area contributed by atoms with Crippen molar-refractivity contribution in [1.29, 1.82) is 0 Å². The van der Waals surface area contributed by atoms with Crippen LogP contribution >= 0.6 is 0 Å². The van der Waals surface area contributed by atoms with Gasteiger partial charge in [-0.1, -0.05) is 50.2 Å². The van der Waals surface area contributed by atoms with Crippen molar-refractivity contribution in [2.75, 3.05) is 6.54 Å². The Balaban J connectivity index is 1.48. The molecule has 8 heteroatoms. The number of carboxylic acids is 1. The predicted octanol–water partition coefficient (Wildman–Crippen LogP) is 6.96. The second-order valence-corrected chi connectivity index (χ2v) is 11.2. The lowest BCUT2D eigenvalue weighted by molar-refractivity contribution is -0.139. The number of hydrogen-bond acceptors (Lipinski definition) is 3. The number of carbonyl (C=O) groups excluding carboxylic acids is 1. The molecular formula is C32H34F3NO4. The molecule has 0 fully saturated rings. The number of halogens is 3. The van der Waals surface area contributed by atoms with Crippen molar-refractivity contribution in [3.8, 4) is 5.75 Å². The van der Waals surface area contributed by atoms with Gasteiger partial charge < -0.3 is 14.7 Å². The Kier molecular flexibility index (Phi) is 8.57. The number of nitrogens with zero attached hydrogens (tertiary/aromatic N) is 1. The lowest BCUT2D eigenvalue weighted by Gasteiger charge is -2.36.